The molecule has 0 heterocycles. The molecule has 1 atom stereocenters. The van der Waals surface area contributed by atoms with Gasteiger partial charge in [-0.25, -0.2) is 5.43 Å². The summed E-state index contributed by atoms with van der Waals surface area (Å²) in [5, 5.41) is 29.1. The van der Waals surface area contributed by atoms with Gasteiger partial charge in [-0.3, -0.25) is 14.9 Å². The molecule has 0 unspecified atom stereocenters. The van der Waals surface area contributed by atoms with E-state index in [2.05, 4.69) is 15.8 Å². The van der Waals surface area contributed by atoms with Crippen molar-refractivity contribution in [2.75, 3.05) is 12.4 Å². The lowest BCUT2D eigenvalue weighted by atomic mass is 10.2. The predicted molar refractivity (Wildman–Crippen MR) is 94.4 cm³/mol. The number of carbonyl (C=O) groups is 1. The van der Waals surface area contributed by atoms with Gasteiger partial charge in [0, 0.05) is 12.1 Å². The number of anilines is 1. The van der Waals surface area contributed by atoms with Crippen LogP contribution >= 0.6 is 0 Å². The van der Waals surface area contributed by atoms with E-state index < -0.39 is 22.6 Å². The minimum absolute atomic E-state index is 0.00448. The normalized spacial score (nSPS) is 11.8. The zero-order chi connectivity index (χ0) is 19.1. The van der Waals surface area contributed by atoms with E-state index >= 15 is 0 Å². The molecular weight excluding hydrogens is 340 g/mol. The fourth-order valence-corrected chi connectivity index (χ4v) is 2.08. The number of rotatable bonds is 7. The number of benzene rings is 2. The van der Waals surface area contributed by atoms with Crippen molar-refractivity contribution in [2.24, 2.45) is 5.10 Å². The van der Waals surface area contributed by atoms with E-state index in [1.165, 1.54) is 7.11 Å². The van der Waals surface area contributed by atoms with Gasteiger partial charge in [-0.1, -0.05) is 23.9 Å². The molecule has 1 amide bonds. The van der Waals surface area contributed by atoms with E-state index in [9.17, 15) is 20.0 Å². The van der Waals surface area contributed by atoms with Crippen LogP contribution in [0.3, 0.4) is 0 Å². The number of amides is 1. The number of ether oxygens (including phenoxy) is 1. The largest absolute Gasteiger partial charge is 0.872 e. The van der Waals surface area contributed by atoms with Crippen LogP contribution in [0.1, 0.15) is 12.5 Å². The van der Waals surface area contributed by atoms with Crippen LogP contribution in [-0.4, -0.2) is 30.2 Å². The van der Waals surface area contributed by atoms with Crippen LogP contribution < -0.4 is 20.6 Å². The molecule has 0 aliphatic carbocycles. The van der Waals surface area contributed by atoms with Crippen LogP contribution in [0, 0.1) is 10.1 Å². The Morgan fingerprint density at radius 1 is 1.31 bits per heavy atom. The van der Waals surface area contributed by atoms with Crippen molar-refractivity contribution in [1.82, 2.24) is 5.43 Å². The smallest absolute Gasteiger partial charge is 0.270 e. The molecule has 0 bridgehead atoms. The molecule has 0 saturated carbocycles. The molecule has 0 aliphatic heterocycles. The summed E-state index contributed by atoms with van der Waals surface area (Å²) in [6.07, 6.45) is 1.07. The molecule has 2 N–H and O–H groups in total. The summed E-state index contributed by atoms with van der Waals surface area (Å²) >= 11 is 0. The maximum atomic E-state index is 12.1. The summed E-state index contributed by atoms with van der Waals surface area (Å²) in [7, 11) is 1.52. The quantitative estimate of drug-likeness (QED) is 0.440. The molecule has 9 heteroatoms. The maximum absolute atomic E-state index is 12.1. The Morgan fingerprint density at radius 2 is 2.04 bits per heavy atom. The minimum atomic E-state index is -0.639. The number of nitrogens with one attached hydrogen (secondary N) is 2. The lowest BCUT2D eigenvalue weighted by molar-refractivity contribution is -0.385. The number of nitro benzene ring substituents is 1. The first kappa shape index (κ1) is 18.7. The molecular formula is C17H17N4O5-. The van der Waals surface area contributed by atoms with Gasteiger partial charge in [0.1, 0.15) is 11.8 Å². The number of carbonyl (C=O) groups excluding carboxylic acids is 1. The average molecular weight is 357 g/mol. The minimum Gasteiger partial charge on any atom is -0.872 e. The van der Waals surface area contributed by atoms with Gasteiger partial charge in [0.2, 0.25) is 0 Å². The average Bonchev–Trinajstić information content (AvgIpc) is 2.63. The number of hydrogen-bond acceptors (Lipinski definition) is 7. The third kappa shape index (κ3) is 4.69. The van der Waals surface area contributed by atoms with Gasteiger partial charge in [0.15, 0.2) is 0 Å². The van der Waals surface area contributed by atoms with Gasteiger partial charge in [-0.05, 0) is 24.6 Å². The molecule has 9 nitrogen and oxygen atoms in total. The zero-order valence-corrected chi connectivity index (χ0v) is 14.1. The summed E-state index contributed by atoms with van der Waals surface area (Å²) in [6.45, 7) is 1.63. The van der Waals surface area contributed by atoms with Crippen molar-refractivity contribution in [2.45, 2.75) is 13.0 Å². The summed E-state index contributed by atoms with van der Waals surface area (Å²) < 4.78 is 5.20. The highest BCUT2D eigenvalue weighted by Gasteiger charge is 2.13. The summed E-state index contributed by atoms with van der Waals surface area (Å²) in [4.78, 5) is 22.2. The Hall–Kier alpha value is -3.62. The summed E-state index contributed by atoms with van der Waals surface area (Å²) in [5.74, 6) is -0.304. The van der Waals surface area contributed by atoms with Crippen LogP contribution in [0.4, 0.5) is 11.4 Å². The van der Waals surface area contributed by atoms with E-state index in [0.717, 1.165) is 24.4 Å². The van der Waals surface area contributed by atoms with Crippen LogP contribution in [0.5, 0.6) is 11.5 Å². The molecule has 0 aromatic heterocycles. The number of hydrogen-bond donors (Lipinski definition) is 2. The molecule has 136 valence electrons. The molecule has 0 aliphatic rings. The van der Waals surface area contributed by atoms with Gasteiger partial charge >= 0.3 is 0 Å². The standard InChI is InChI=1S/C17H18N4O5/c1-11(19-14-5-3-4-6-16(14)26-2)17(23)20-18-10-12-9-13(21(24)25)7-8-15(12)22/h3-11,19,22H,1-2H3,(H,20,23)/p-1/t11-/m1/s1. The fourth-order valence-electron chi connectivity index (χ4n) is 2.08. The van der Waals surface area contributed by atoms with Gasteiger partial charge in [0.25, 0.3) is 11.6 Å². The maximum Gasteiger partial charge on any atom is 0.270 e. The Labute approximate surface area is 149 Å². The van der Waals surface area contributed by atoms with Gasteiger partial charge in [0.05, 0.1) is 23.9 Å². The van der Waals surface area contributed by atoms with E-state index in [4.69, 9.17) is 4.74 Å². The molecule has 0 spiro atoms. The number of nitrogens with zero attached hydrogens (tertiary/aromatic N) is 2. The Kier molecular flexibility index (Phi) is 6.10. The van der Waals surface area contributed by atoms with Crippen LogP contribution in [0.15, 0.2) is 47.6 Å². The molecule has 2 aromatic rings. The number of para-hydroxylation sites is 2. The predicted octanol–water partition coefficient (Wildman–Crippen LogP) is 1.63. The molecule has 2 aromatic carbocycles. The van der Waals surface area contributed by atoms with E-state index in [1.54, 1.807) is 31.2 Å². The second kappa shape index (κ2) is 8.47. The fraction of sp³-hybridized carbons (Fsp3) is 0.176. The zero-order valence-electron chi connectivity index (χ0n) is 14.1. The van der Waals surface area contributed by atoms with Gasteiger partial charge < -0.3 is 15.2 Å². The Morgan fingerprint density at radius 3 is 2.73 bits per heavy atom. The first-order chi connectivity index (χ1) is 12.4. The molecule has 2 rings (SSSR count). The highest BCUT2D eigenvalue weighted by atomic mass is 16.6. The van der Waals surface area contributed by atoms with E-state index in [0.29, 0.717) is 11.4 Å². The van der Waals surface area contributed by atoms with Gasteiger partial charge in [-0.15, -0.1) is 0 Å². The number of hydrazone groups is 1. The summed E-state index contributed by atoms with van der Waals surface area (Å²) in [5.41, 5.74) is 2.70. The Balaban J connectivity index is 2.00. The second-order valence-corrected chi connectivity index (χ2v) is 5.28. The molecule has 0 radical (unpaired) electrons. The highest BCUT2D eigenvalue weighted by molar-refractivity contribution is 5.88. The van der Waals surface area contributed by atoms with Gasteiger partial charge in [-0.2, -0.15) is 5.10 Å². The number of non-ortho nitro benzene ring substituents is 1. The van der Waals surface area contributed by atoms with Crippen LogP contribution in [0.25, 0.3) is 0 Å². The monoisotopic (exact) mass is 357 g/mol. The van der Waals surface area contributed by atoms with Crippen molar-refractivity contribution < 1.29 is 19.6 Å². The van der Waals surface area contributed by atoms with Crippen molar-refractivity contribution in [1.29, 1.82) is 0 Å². The third-order valence-electron chi connectivity index (χ3n) is 3.45. The third-order valence-corrected chi connectivity index (χ3v) is 3.45. The molecule has 0 saturated heterocycles. The lowest BCUT2D eigenvalue weighted by Crippen LogP contribution is -2.35. The topological polar surface area (TPSA) is 129 Å². The second-order valence-electron chi connectivity index (χ2n) is 5.28. The number of methoxy groups -OCH3 is 1. The lowest BCUT2D eigenvalue weighted by Gasteiger charge is -2.16. The molecule has 26 heavy (non-hydrogen) atoms. The van der Waals surface area contributed by atoms with E-state index in [-0.39, 0.29) is 11.3 Å². The first-order valence-electron chi connectivity index (χ1n) is 7.60. The number of nitro groups is 1. The molecule has 0 fully saturated rings. The SMILES string of the molecule is COc1ccccc1N[C@H](C)C(=O)NN=Cc1cc([N+](=O)[O-])ccc1[O-]. The van der Waals surface area contributed by atoms with Crippen molar-refractivity contribution in [3.63, 3.8) is 0 Å². The van der Waals surface area contributed by atoms with Crippen LogP contribution in [-0.2, 0) is 4.79 Å². The first-order valence-corrected chi connectivity index (χ1v) is 7.60. The highest BCUT2D eigenvalue weighted by Crippen LogP contribution is 2.23. The Bertz CT molecular complexity index is 838. The van der Waals surface area contributed by atoms with Crippen molar-refractivity contribution >= 4 is 23.5 Å². The summed E-state index contributed by atoms with van der Waals surface area (Å²) in [6, 6.07) is 9.76. The van der Waals surface area contributed by atoms with E-state index in [1.807, 2.05) is 0 Å². The van der Waals surface area contributed by atoms with Crippen molar-refractivity contribution in [3.05, 3.63) is 58.1 Å². The van der Waals surface area contributed by atoms with Crippen molar-refractivity contribution in [3.8, 4) is 11.5 Å². The van der Waals surface area contributed by atoms with Crippen LogP contribution in [0.2, 0.25) is 0 Å².